The molecule has 0 radical (unpaired) electrons. The van der Waals surface area contributed by atoms with Crippen LogP contribution in [0.3, 0.4) is 0 Å². The van der Waals surface area contributed by atoms with Gasteiger partial charge in [0.2, 0.25) is 0 Å². The number of amides is 2. The van der Waals surface area contributed by atoms with Crippen LogP contribution in [-0.4, -0.2) is 35.2 Å². The minimum absolute atomic E-state index is 0.199. The largest absolute Gasteiger partial charge is 0.341 e. The molecule has 19 heavy (non-hydrogen) atoms. The van der Waals surface area contributed by atoms with Crippen LogP contribution in [0, 0.1) is 11.6 Å². The van der Waals surface area contributed by atoms with Gasteiger partial charge in [0.25, 0.3) is 0 Å². The molecule has 0 aromatic heterocycles. The second-order valence-corrected chi connectivity index (χ2v) is 4.72. The molecule has 0 N–H and O–H groups in total. The van der Waals surface area contributed by atoms with E-state index in [1.54, 1.807) is 11.1 Å². The Kier molecular flexibility index (Phi) is 2.93. The molecule has 6 heteroatoms. The number of likely N-dealkylation sites (tertiary alicyclic amines) is 1. The van der Waals surface area contributed by atoms with Crippen LogP contribution in [0.5, 0.6) is 0 Å². The van der Waals surface area contributed by atoms with E-state index in [9.17, 15) is 13.6 Å². The molecule has 1 unspecified atom stereocenters. The molecular weight excluding hydrogens is 252 g/mol. The van der Waals surface area contributed by atoms with E-state index >= 15 is 0 Å². The molecule has 2 amide bonds. The maximum Gasteiger partial charge on any atom is 0.341 e. The lowest BCUT2D eigenvalue weighted by molar-refractivity contribution is 0.117. The van der Waals surface area contributed by atoms with Crippen molar-refractivity contribution in [2.24, 2.45) is 5.10 Å². The zero-order chi connectivity index (χ0) is 13.4. The third-order valence-electron chi connectivity index (χ3n) is 3.42. The Labute approximate surface area is 109 Å². The Morgan fingerprint density at radius 3 is 2.47 bits per heavy atom. The molecule has 0 spiro atoms. The highest BCUT2D eigenvalue weighted by atomic mass is 19.1. The number of carbonyl (C=O) groups is 1. The Hall–Kier alpha value is -1.98. The monoisotopic (exact) mass is 265 g/mol. The Bertz CT molecular complexity index is 522. The molecule has 1 fully saturated rings. The number of hydrogen-bond donors (Lipinski definition) is 0. The number of hydrazone groups is 1. The topological polar surface area (TPSA) is 35.9 Å². The first-order valence-electron chi connectivity index (χ1n) is 6.22. The predicted octanol–water partition coefficient (Wildman–Crippen LogP) is 2.52. The van der Waals surface area contributed by atoms with Crippen molar-refractivity contribution in [1.29, 1.82) is 0 Å². The normalized spacial score (nSPS) is 21.7. The van der Waals surface area contributed by atoms with Gasteiger partial charge in [-0.1, -0.05) is 0 Å². The molecule has 1 aromatic carbocycles. The van der Waals surface area contributed by atoms with Gasteiger partial charge in [-0.15, -0.1) is 0 Å². The van der Waals surface area contributed by atoms with Gasteiger partial charge in [-0.25, -0.2) is 18.6 Å². The van der Waals surface area contributed by atoms with Crippen molar-refractivity contribution in [2.75, 3.05) is 13.1 Å². The van der Waals surface area contributed by atoms with E-state index in [2.05, 4.69) is 5.10 Å². The smallest absolute Gasteiger partial charge is 0.323 e. The second kappa shape index (κ2) is 4.60. The average Bonchev–Trinajstić information content (AvgIpc) is 2.73. The van der Waals surface area contributed by atoms with Crippen LogP contribution in [0.25, 0.3) is 0 Å². The van der Waals surface area contributed by atoms with Crippen LogP contribution in [0.1, 0.15) is 24.4 Å². The SMILES string of the molecule is O=C(N1CCC1)N1N=CCC1c1cc(F)cc(F)c1. The van der Waals surface area contributed by atoms with Crippen molar-refractivity contribution in [1.82, 2.24) is 9.91 Å². The minimum Gasteiger partial charge on any atom is -0.323 e. The summed E-state index contributed by atoms with van der Waals surface area (Å²) in [6, 6.07) is 2.70. The van der Waals surface area contributed by atoms with Crippen LogP contribution in [0.4, 0.5) is 13.6 Å². The molecule has 2 heterocycles. The highest BCUT2D eigenvalue weighted by molar-refractivity contribution is 5.79. The van der Waals surface area contributed by atoms with Gasteiger partial charge in [0.1, 0.15) is 11.6 Å². The van der Waals surface area contributed by atoms with Gasteiger partial charge < -0.3 is 4.90 Å². The highest BCUT2D eigenvalue weighted by Crippen LogP contribution is 2.30. The van der Waals surface area contributed by atoms with Gasteiger partial charge in [0.05, 0.1) is 6.04 Å². The van der Waals surface area contributed by atoms with Gasteiger partial charge in [-0.05, 0) is 24.1 Å². The number of halogens is 2. The lowest BCUT2D eigenvalue weighted by Crippen LogP contribution is -2.48. The first kappa shape index (κ1) is 12.1. The molecule has 1 aromatic rings. The van der Waals surface area contributed by atoms with Gasteiger partial charge in [0, 0.05) is 31.8 Å². The van der Waals surface area contributed by atoms with E-state index in [0.717, 1.165) is 25.6 Å². The van der Waals surface area contributed by atoms with Crippen molar-refractivity contribution < 1.29 is 13.6 Å². The van der Waals surface area contributed by atoms with Gasteiger partial charge in [0.15, 0.2) is 0 Å². The summed E-state index contributed by atoms with van der Waals surface area (Å²) < 4.78 is 26.5. The Balaban J connectivity index is 1.85. The van der Waals surface area contributed by atoms with E-state index in [1.807, 2.05) is 0 Å². The first-order chi connectivity index (χ1) is 9.15. The average molecular weight is 265 g/mol. The lowest BCUT2D eigenvalue weighted by atomic mass is 10.0. The fourth-order valence-electron chi connectivity index (χ4n) is 2.30. The summed E-state index contributed by atoms with van der Waals surface area (Å²) in [7, 11) is 0. The summed E-state index contributed by atoms with van der Waals surface area (Å²) in [6.45, 7) is 1.43. The van der Waals surface area contributed by atoms with Gasteiger partial charge in [-0.2, -0.15) is 5.10 Å². The Morgan fingerprint density at radius 1 is 1.21 bits per heavy atom. The summed E-state index contributed by atoms with van der Waals surface area (Å²) in [5, 5.41) is 5.34. The van der Waals surface area contributed by atoms with Crippen molar-refractivity contribution in [3.05, 3.63) is 35.4 Å². The number of hydrogen-bond acceptors (Lipinski definition) is 2. The molecule has 1 atom stereocenters. The lowest BCUT2D eigenvalue weighted by Gasteiger charge is -2.35. The van der Waals surface area contributed by atoms with Crippen LogP contribution < -0.4 is 0 Å². The second-order valence-electron chi connectivity index (χ2n) is 4.72. The van der Waals surface area contributed by atoms with Gasteiger partial charge in [-0.3, -0.25) is 0 Å². The molecule has 0 saturated carbocycles. The summed E-state index contributed by atoms with van der Waals surface area (Å²) in [4.78, 5) is 13.8. The van der Waals surface area contributed by atoms with Crippen LogP contribution in [0.15, 0.2) is 23.3 Å². The van der Waals surface area contributed by atoms with Crippen LogP contribution in [-0.2, 0) is 0 Å². The molecule has 0 bridgehead atoms. The number of urea groups is 1. The van der Waals surface area contributed by atoms with Crippen molar-refractivity contribution in [3.63, 3.8) is 0 Å². The van der Waals surface area contributed by atoms with Crippen molar-refractivity contribution in [3.8, 4) is 0 Å². The summed E-state index contributed by atoms with van der Waals surface area (Å²) >= 11 is 0. The maximum absolute atomic E-state index is 13.3. The standard InChI is InChI=1S/C13H13F2N3O/c14-10-6-9(7-11(15)8-10)12-2-3-16-18(12)13(19)17-4-1-5-17/h3,6-8,12H,1-2,4-5H2. The zero-order valence-corrected chi connectivity index (χ0v) is 10.2. The summed E-state index contributed by atoms with van der Waals surface area (Å²) in [5.41, 5.74) is 0.434. The number of nitrogens with zero attached hydrogens (tertiary/aromatic N) is 3. The zero-order valence-electron chi connectivity index (χ0n) is 10.2. The summed E-state index contributed by atoms with van der Waals surface area (Å²) in [6.07, 6.45) is 3.07. The molecule has 2 aliphatic rings. The molecule has 0 aliphatic carbocycles. The molecular formula is C13H13F2N3O. The van der Waals surface area contributed by atoms with E-state index in [1.165, 1.54) is 17.1 Å². The predicted molar refractivity (Wildman–Crippen MR) is 65.6 cm³/mol. The van der Waals surface area contributed by atoms with Gasteiger partial charge >= 0.3 is 6.03 Å². The quantitative estimate of drug-likeness (QED) is 0.768. The fraction of sp³-hybridized carbons (Fsp3) is 0.385. The number of carbonyl (C=O) groups excluding carboxylic acids is 1. The van der Waals surface area contributed by atoms with E-state index in [4.69, 9.17) is 0 Å². The third kappa shape index (κ3) is 2.18. The van der Waals surface area contributed by atoms with Crippen LogP contribution >= 0.6 is 0 Å². The number of benzene rings is 1. The first-order valence-corrected chi connectivity index (χ1v) is 6.22. The molecule has 2 aliphatic heterocycles. The molecule has 4 nitrogen and oxygen atoms in total. The highest BCUT2D eigenvalue weighted by Gasteiger charge is 2.33. The Morgan fingerprint density at radius 2 is 1.89 bits per heavy atom. The van der Waals surface area contributed by atoms with E-state index in [-0.39, 0.29) is 6.03 Å². The molecule has 1 saturated heterocycles. The van der Waals surface area contributed by atoms with E-state index < -0.39 is 17.7 Å². The number of rotatable bonds is 1. The van der Waals surface area contributed by atoms with Crippen LogP contribution in [0.2, 0.25) is 0 Å². The minimum atomic E-state index is -0.641. The van der Waals surface area contributed by atoms with Crippen molar-refractivity contribution in [2.45, 2.75) is 18.9 Å². The van der Waals surface area contributed by atoms with Crippen molar-refractivity contribution >= 4 is 12.2 Å². The summed E-state index contributed by atoms with van der Waals surface area (Å²) in [5.74, 6) is -1.28. The van der Waals surface area contributed by atoms with E-state index in [0.29, 0.717) is 12.0 Å². The maximum atomic E-state index is 13.3. The third-order valence-corrected chi connectivity index (χ3v) is 3.42. The molecule has 3 rings (SSSR count). The fourth-order valence-corrected chi connectivity index (χ4v) is 2.30. The molecule has 100 valence electrons.